The number of nitrogen functional groups attached to an aromatic ring is 1. The van der Waals surface area contributed by atoms with Crippen molar-refractivity contribution in [3.63, 3.8) is 0 Å². The zero-order valence-corrected chi connectivity index (χ0v) is 13.6. The fraction of sp³-hybridized carbons (Fsp3) is 0.625. The molecule has 3 N–H and O–H groups in total. The van der Waals surface area contributed by atoms with Gasteiger partial charge in [-0.2, -0.15) is 0 Å². The van der Waals surface area contributed by atoms with Crippen LogP contribution in [0, 0.1) is 0 Å². The minimum Gasteiger partial charge on any atom is -0.491 e. The Morgan fingerprint density at radius 1 is 1.29 bits per heavy atom. The fourth-order valence-electron chi connectivity index (χ4n) is 2.38. The van der Waals surface area contributed by atoms with Crippen molar-refractivity contribution in [2.45, 2.75) is 26.0 Å². The molecule has 0 aromatic heterocycles. The monoisotopic (exact) mass is 295 g/mol. The SMILES string of the molecule is CCN(CC(O)COc1cccc(N)c1)C(C)CN(C)C. The molecule has 0 amide bonds. The molecule has 1 aromatic rings. The normalized spacial score (nSPS) is 14.4. The van der Waals surface area contributed by atoms with Gasteiger partial charge in [-0.05, 0) is 39.7 Å². The summed E-state index contributed by atoms with van der Waals surface area (Å²) in [5.41, 5.74) is 6.36. The third-order valence-corrected chi connectivity index (χ3v) is 3.40. The van der Waals surface area contributed by atoms with Crippen LogP contribution in [-0.4, -0.2) is 67.4 Å². The van der Waals surface area contributed by atoms with Gasteiger partial charge in [-0.15, -0.1) is 0 Å². The zero-order valence-electron chi connectivity index (χ0n) is 13.6. The number of hydrogen-bond acceptors (Lipinski definition) is 5. The van der Waals surface area contributed by atoms with E-state index in [4.69, 9.17) is 10.5 Å². The molecule has 0 heterocycles. The lowest BCUT2D eigenvalue weighted by Gasteiger charge is -2.31. The summed E-state index contributed by atoms with van der Waals surface area (Å²) in [5, 5.41) is 10.2. The predicted molar refractivity (Wildman–Crippen MR) is 87.6 cm³/mol. The summed E-state index contributed by atoms with van der Waals surface area (Å²) in [6.07, 6.45) is -0.518. The van der Waals surface area contributed by atoms with Gasteiger partial charge in [0.15, 0.2) is 0 Å². The second-order valence-electron chi connectivity index (χ2n) is 5.74. The Morgan fingerprint density at radius 2 is 2.00 bits per heavy atom. The van der Waals surface area contributed by atoms with Gasteiger partial charge < -0.3 is 20.5 Å². The Morgan fingerprint density at radius 3 is 2.57 bits per heavy atom. The van der Waals surface area contributed by atoms with Crippen LogP contribution < -0.4 is 10.5 Å². The van der Waals surface area contributed by atoms with Crippen LogP contribution in [0.25, 0.3) is 0 Å². The molecule has 2 unspecified atom stereocenters. The van der Waals surface area contributed by atoms with Crippen molar-refractivity contribution >= 4 is 5.69 Å². The molecule has 0 aliphatic carbocycles. The summed E-state index contributed by atoms with van der Waals surface area (Å²) in [6, 6.07) is 7.65. The molecule has 0 spiro atoms. The minimum atomic E-state index is -0.518. The van der Waals surface area contributed by atoms with Crippen LogP contribution in [0.3, 0.4) is 0 Å². The average molecular weight is 295 g/mol. The summed E-state index contributed by atoms with van der Waals surface area (Å²) in [5.74, 6) is 0.693. The van der Waals surface area contributed by atoms with Gasteiger partial charge in [-0.1, -0.05) is 13.0 Å². The van der Waals surface area contributed by atoms with Gasteiger partial charge in [0.1, 0.15) is 18.5 Å². The van der Waals surface area contributed by atoms with Crippen molar-refractivity contribution in [3.8, 4) is 5.75 Å². The molecule has 0 saturated heterocycles. The topological polar surface area (TPSA) is 62.0 Å². The molecule has 0 aliphatic heterocycles. The molecule has 0 aliphatic rings. The summed E-state index contributed by atoms with van der Waals surface area (Å²) in [7, 11) is 4.12. The lowest BCUT2D eigenvalue weighted by atomic mass is 10.2. The molecule has 21 heavy (non-hydrogen) atoms. The predicted octanol–water partition coefficient (Wildman–Crippen LogP) is 1.28. The van der Waals surface area contributed by atoms with Gasteiger partial charge in [0, 0.05) is 30.9 Å². The van der Waals surface area contributed by atoms with Crippen molar-refractivity contribution in [1.29, 1.82) is 0 Å². The molecule has 1 rings (SSSR count). The first-order chi connectivity index (χ1) is 9.92. The van der Waals surface area contributed by atoms with Gasteiger partial charge in [0.25, 0.3) is 0 Å². The highest BCUT2D eigenvalue weighted by Crippen LogP contribution is 2.14. The average Bonchev–Trinajstić information content (AvgIpc) is 2.41. The number of benzene rings is 1. The van der Waals surface area contributed by atoms with Gasteiger partial charge >= 0.3 is 0 Å². The largest absolute Gasteiger partial charge is 0.491 e. The van der Waals surface area contributed by atoms with Crippen molar-refractivity contribution in [1.82, 2.24) is 9.80 Å². The molecule has 0 radical (unpaired) electrons. The number of aliphatic hydroxyl groups excluding tert-OH is 1. The van der Waals surface area contributed by atoms with E-state index < -0.39 is 6.10 Å². The van der Waals surface area contributed by atoms with E-state index in [0.29, 0.717) is 24.0 Å². The lowest BCUT2D eigenvalue weighted by Crippen LogP contribution is -2.44. The Labute approximate surface area is 128 Å². The second-order valence-corrected chi connectivity index (χ2v) is 5.74. The number of nitrogens with two attached hydrogens (primary N) is 1. The maximum Gasteiger partial charge on any atom is 0.121 e. The van der Waals surface area contributed by atoms with Gasteiger partial charge in [0.2, 0.25) is 0 Å². The van der Waals surface area contributed by atoms with E-state index in [-0.39, 0.29) is 6.61 Å². The Bertz CT molecular complexity index is 412. The lowest BCUT2D eigenvalue weighted by molar-refractivity contribution is 0.0524. The first kappa shape index (κ1) is 17.8. The first-order valence-corrected chi connectivity index (χ1v) is 7.47. The molecule has 0 saturated carbocycles. The van der Waals surface area contributed by atoms with E-state index in [1.807, 2.05) is 18.2 Å². The highest BCUT2D eigenvalue weighted by molar-refractivity contribution is 5.43. The number of aliphatic hydroxyl groups is 1. The number of likely N-dealkylation sites (N-methyl/N-ethyl adjacent to an activating group) is 2. The van der Waals surface area contributed by atoms with Crippen LogP contribution in [0.4, 0.5) is 5.69 Å². The van der Waals surface area contributed by atoms with Crippen LogP contribution in [0.1, 0.15) is 13.8 Å². The van der Waals surface area contributed by atoms with Crippen LogP contribution >= 0.6 is 0 Å². The summed E-state index contributed by atoms with van der Waals surface area (Å²) in [6.45, 7) is 7.04. The van der Waals surface area contributed by atoms with Gasteiger partial charge in [-0.3, -0.25) is 4.90 Å². The maximum absolute atomic E-state index is 10.2. The molecule has 120 valence electrons. The molecule has 0 bridgehead atoms. The van der Waals surface area contributed by atoms with Crippen molar-refractivity contribution in [2.24, 2.45) is 0 Å². The smallest absolute Gasteiger partial charge is 0.121 e. The van der Waals surface area contributed by atoms with Crippen molar-refractivity contribution in [2.75, 3.05) is 46.1 Å². The molecule has 5 heteroatoms. The second kappa shape index (κ2) is 8.87. The van der Waals surface area contributed by atoms with Crippen LogP contribution in [-0.2, 0) is 0 Å². The maximum atomic E-state index is 10.2. The Kier molecular flexibility index (Phi) is 7.50. The Hall–Kier alpha value is -1.30. The van der Waals surface area contributed by atoms with E-state index in [2.05, 4.69) is 37.7 Å². The summed E-state index contributed by atoms with van der Waals surface area (Å²) in [4.78, 5) is 4.41. The van der Waals surface area contributed by atoms with E-state index >= 15 is 0 Å². The van der Waals surface area contributed by atoms with Crippen molar-refractivity contribution in [3.05, 3.63) is 24.3 Å². The quantitative estimate of drug-likeness (QED) is 0.672. The van der Waals surface area contributed by atoms with Crippen LogP contribution in [0.5, 0.6) is 5.75 Å². The molecular formula is C16H29N3O2. The van der Waals surface area contributed by atoms with Gasteiger partial charge in [-0.25, -0.2) is 0 Å². The molecule has 1 aromatic carbocycles. The number of rotatable bonds is 9. The number of ether oxygens (including phenoxy) is 1. The number of hydrogen-bond donors (Lipinski definition) is 2. The van der Waals surface area contributed by atoms with E-state index in [1.165, 1.54) is 0 Å². The standard InChI is InChI=1S/C16H29N3O2/c1-5-19(13(2)10-18(3)4)11-15(20)12-21-16-8-6-7-14(17)9-16/h6-9,13,15,20H,5,10-12,17H2,1-4H3. The van der Waals surface area contributed by atoms with Crippen LogP contribution in [0.2, 0.25) is 0 Å². The molecule has 2 atom stereocenters. The third kappa shape index (κ3) is 6.80. The minimum absolute atomic E-state index is 0.272. The molecular weight excluding hydrogens is 266 g/mol. The third-order valence-electron chi connectivity index (χ3n) is 3.40. The highest BCUT2D eigenvalue weighted by atomic mass is 16.5. The van der Waals surface area contributed by atoms with Crippen molar-refractivity contribution < 1.29 is 9.84 Å². The van der Waals surface area contributed by atoms with Crippen LogP contribution in [0.15, 0.2) is 24.3 Å². The zero-order chi connectivity index (χ0) is 15.8. The fourth-order valence-corrected chi connectivity index (χ4v) is 2.38. The van der Waals surface area contributed by atoms with E-state index in [1.54, 1.807) is 6.07 Å². The van der Waals surface area contributed by atoms with E-state index in [9.17, 15) is 5.11 Å². The highest BCUT2D eigenvalue weighted by Gasteiger charge is 2.17. The van der Waals surface area contributed by atoms with Gasteiger partial charge in [0.05, 0.1) is 0 Å². The molecule has 5 nitrogen and oxygen atoms in total. The summed E-state index contributed by atoms with van der Waals surface area (Å²) < 4.78 is 5.59. The Balaban J connectivity index is 2.42. The van der Waals surface area contributed by atoms with E-state index in [0.717, 1.165) is 13.1 Å². The summed E-state index contributed by atoms with van der Waals surface area (Å²) >= 11 is 0. The first-order valence-electron chi connectivity index (χ1n) is 7.47. The molecule has 0 fully saturated rings. The number of anilines is 1. The number of nitrogens with zero attached hydrogens (tertiary/aromatic N) is 2.